The molecule has 0 bridgehead atoms. The second kappa shape index (κ2) is 8.71. The quantitative estimate of drug-likeness (QED) is 0.147. The Hall–Kier alpha value is -4.34. The smallest absolute Gasteiger partial charge is 0.0784 e. The van der Waals surface area contributed by atoms with Crippen molar-refractivity contribution in [3.05, 3.63) is 130 Å². The molecule has 0 spiro atoms. The van der Waals surface area contributed by atoms with Gasteiger partial charge in [0.2, 0.25) is 0 Å². The lowest BCUT2D eigenvalue weighted by atomic mass is 10.0. The number of benzene rings is 5. The summed E-state index contributed by atoms with van der Waals surface area (Å²) < 4.78 is 2.55. The second-order valence-electron chi connectivity index (χ2n) is 8.77. The minimum Gasteiger partial charge on any atom is -0.127 e. The molecule has 36 heavy (non-hydrogen) atoms. The topological polar surface area (TPSA) is 0 Å². The molecule has 0 nitrogen and oxygen atoms in total. The van der Waals surface area contributed by atoms with Gasteiger partial charge in [-0.3, -0.25) is 0 Å². The molecule has 0 fully saturated rings. The Labute approximate surface area is 217 Å². The van der Waals surface area contributed by atoms with Crippen LogP contribution in [0.4, 0.5) is 0 Å². The van der Waals surface area contributed by atoms with E-state index in [1.165, 1.54) is 41.7 Å². The number of hydrogen-bond acceptors (Lipinski definition) is 2. The van der Waals surface area contributed by atoms with E-state index in [1.807, 2.05) is 0 Å². The standard InChI is InChI=1S/C34H18S2/c1-3-7-33-27(5-1)21-31(35-33)15-11-23-9-13-25-20-30-18-24(10-14-26(30)19-29(25)17-23)12-16-32-22-28-6-2-4-8-34(28)36-32/h1-10,13-14,17-22H. The van der Waals surface area contributed by atoms with Crippen molar-refractivity contribution in [2.45, 2.75) is 0 Å². The number of rotatable bonds is 0. The van der Waals surface area contributed by atoms with Gasteiger partial charge in [0, 0.05) is 20.5 Å². The predicted octanol–water partition coefficient (Wildman–Crippen LogP) is 9.22. The van der Waals surface area contributed by atoms with Crippen LogP contribution < -0.4 is 0 Å². The van der Waals surface area contributed by atoms with Crippen LogP contribution in [-0.2, 0) is 0 Å². The van der Waals surface area contributed by atoms with E-state index in [0.717, 1.165) is 20.9 Å². The van der Waals surface area contributed by atoms with Crippen molar-refractivity contribution in [1.29, 1.82) is 0 Å². The minimum atomic E-state index is 1.03. The summed E-state index contributed by atoms with van der Waals surface area (Å²) in [6, 6.07) is 38.6. The van der Waals surface area contributed by atoms with Gasteiger partial charge >= 0.3 is 0 Å². The molecule has 0 saturated heterocycles. The van der Waals surface area contributed by atoms with Crippen molar-refractivity contribution < 1.29 is 0 Å². The van der Waals surface area contributed by atoms with Crippen LogP contribution in [0.1, 0.15) is 20.9 Å². The molecule has 0 atom stereocenters. The van der Waals surface area contributed by atoms with Gasteiger partial charge in [0.1, 0.15) is 0 Å². The average Bonchev–Trinajstić information content (AvgIpc) is 3.53. The maximum atomic E-state index is 3.36. The molecule has 0 amide bonds. The SMILES string of the molecule is C(#Cc1cc2ccccc2s1)c1ccc2cc3cc(C#Cc4cc5ccccc5s4)ccc3cc2c1. The molecule has 166 valence electrons. The minimum absolute atomic E-state index is 1.03. The Balaban J connectivity index is 1.19. The summed E-state index contributed by atoms with van der Waals surface area (Å²) in [5, 5.41) is 7.34. The fourth-order valence-electron chi connectivity index (χ4n) is 4.51. The molecular formula is C34H18S2. The third-order valence-corrected chi connectivity index (χ3v) is 8.37. The molecule has 5 aromatic carbocycles. The van der Waals surface area contributed by atoms with E-state index in [-0.39, 0.29) is 0 Å². The van der Waals surface area contributed by atoms with Crippen LogP contribution in [0.3, 0.4) is 0 Å². The Kier molecular flexibility index (Phi) is 5.07. The molecule has 0 aliphatic heterocycles. The fraction of sp³-hybridized carbons (Fsp3) is 0. The van der Waals surface area contributed by atoms with Gasteiger partial charge in [-0.2, -0.15) is 0 Å². The molecule has 0 N–H and O–H groups in total. The molecule has 2 heterocycles. The van der Waals surface area contributed by atoms with Crippen molar-refractivity contribution in [2.24, 2.45) is 0 Å². The van der Waals surface area contributed by atoms with E-state index >= 15 is 0 Å². The zero-order valence-electron chi connectivity index (χ0n) is 19.2. The first kappa shape index (κ1) is 21.0. The van der Waals surface area contributed by atoms with E-state index in [2.05, 4.69) is 133 Å². The van der Waals surface area contributed by atoms with Crippen LogP contribution in [-0.4, -0.2) is 0 Å². The van der Waals surface area contributed by atoms with Crippen molar-refractivity contribution in [3.63, 3.8) is 0 Å². The van der Waals surface area contributed by atoms with Crippen LogP contribution in [0, 0.1) is 23.7 Å². The molecule has 0 aliphatic rings. The van der Waals surface area contributed by atoms with Gasteiger partial charge in [0.25, 0.3) is 0 Å². The monoisotopic (exact) mass is 490 g/mol. The first-order valence-corrected chi connectivity index (χ1v) is 13.4. The van der Waals surface area contributed by atoms with Gasteiger partial charge in [-0.05, 0) is 93.0 Å². The van der Waals surface area contributed by atoms with Gasteiger partial charge in [0.05, 0.1) is 9.75 Å². The van der Waals surface area contributed by atoms with Crippen molar-refractivity contribution >= 4 is 64.4 Å². The molecule has 7 rings (SSSR count). The normalized spacial score (nSPS) is 10.9. The number of thiophene rings is 2. The van der Waals surface area contributed by atoms with Crippen molar-refractivity contribution in [3.8, 4) is 23.7 Å². The number of fused-ring (bicyclic) bond motifs is 4. The third kappa shape index (κ3) is 4.04. The van der Waals surface area contributed by atoms with E-state index in [9.17, 15) is 0 Å². The first-order chi connectivity index (χ1) is 17.8. The second-order valence-corrected chi connectivity index (χ2v) is 10.9. The van der Waals surface area contributed by atoms with E-state index in [0.29, 0.717) is 0 Å². The van der Waals surface area contributed by atoms with E-state index in [4.69, 9.17) is 0 Å². The summed E-state index contributed by atoms with van der Waals surface area (Å²) in [6.07, 6.45) is 0. The van der Waals surface area contributed by atoms with Crippen molar-refractivity contribution in [1.82, 2.24) is 0 Å². The van der Waals surface area contributed by atoms with Gasteiger partial charge in [-0.25, -0.2) is 0 Å². The van der Waals surface area contributed by atoms with Gasteiger partial charge in [-0.1, -0.05) is 72.2 Å². The Morgan fingerprint density at radius 1 is 0.361 bits per heavy atom. The Morgan fingerprint density at radius 3 is 1.31 bits per heavy atom. The molecule has 2 aromatic heterocycles. The Morgan fingerprint density at radius 2 is 0.833 bits per heavy atom. The molecule has 7 aromatic rings. The molecule has 0 radical (unpaired) electrons. The summed E-state index contributed by atoms with van der Waals surface area (Å²) in [7, 11) is 0. The van der Waals surface area contributed by atoms with Crippen LogP contribution in [0.5, 0.6) is 0 Å². The molecule has 0 aliphatic carbocycles. The van der Waals surface area contributed by atoms with Crippen LogP contribution in [0.15, 0.2) is 109 Å². The largest absolute Gasteiger partial charge is 0.127 e. The van der Waals surface area contributed by atoms with Crippen LogP contribution in [0.2, 0.25) is 0 Å². The van der Waals surface area contributed by atoms with Gasteiger partial charge in [-0.15, -0.1) is 22.7 Å². The summed E-state index contributed by atoms with van der Waals surface area (Å²) in [4.78, 5) is 2.19. The zero-order chi connectivity index (χ0) is 23.9. The van der Waals surface area contributed by atoms with E-state index < -0.39 is 0 Å². The number of hydrogen-bond donors (Lipinski definition) is 0. The lowest BCUT2D eigenvalue weighted by Gasteiger charge is -2.04. The highest BCUT2D eigenvalue weighted by Gasteiger charge is 2.02. The van der Waals surface area contributed by atoms with Crippen LogP contribution >= 0.6 is 22.7 Å². The van der Waals surface area contributed by atoms with E-state index in [1.54, 1.807) is 22.7 Å². The highest BCUT2D eigenvalue weighted by Crippen LogP contribution is 2.27. The lowest BCUT2D eigenvalue weighted by molar-refractivity contribution is 1.69. The average molecular weight is 491 g/mol. The summed E-state index contributed by atoms with van der Waals surface area (Å²) in [5.74, 6) is 13.4. The lowest BCUT2D eigenvalue weighted by Crippen LogP contribution is -1.81. The fourth-order valence-corrected chi connectivity index (χ4v) is 6.34. The molecule has 2 heteroatoms. The highest BCUT2D eigenvalue weighted by molar-refractivity contribution is 7.19. The third-order valence-electron chi connectivity index (χ3n) is 6.31. The van der Waals surface area contributed by atoms with Crippen LogP contribution in [0.25, 0.3) is 41.7 Å². The first-order valence-electron chi connectivity index (χ1n) is 11.8. The zero-order valence-corrected chi connectivity index (χ0v) is 20.8. The summed E-state index contributed by atoms with van der Waals surface area (Å²) in [5.41, 5.74) is 2.07. The maximum absolute atomic E-state index is 3.36. The predicted molar refractivity (Wildman–Crippen MR) is 157 cm³/mol. The molecule has 0 saturated carbocycles. The van der Waals surface area contributed by atoms with Gasteiger partial charge in [0.15, 0.2) is 0 Å². The molecule has 0 unspecified atom stereocenters. The molecular weight excluding hydrogens is 473 g/mol. The van der Waals surface area contributed by atoms with Crippen molar-refractivity contribution in [2.75, 3.05) is 0 Å². The summed E-state index contributed by atoms with van der Waals surface area (Å²) in [6.45, 7) is 0. The van der Waals surface area contributed by atoms with Gasteiger partial charge < -0.3 is 0 Å². The highest BCUT2D eigenvalue weighted by atomic mass is 32.1. The summed E-state index contributed by atoms with van der Waals surface area (Å²) >= 11 is 3.49. The Bertz CT molecular complexity index is 1850. The maximum Gasteiger partial charge on any atom is 0.0784 e.